The average Bonchev–Trinajstić information content (AvgIpc) is 2.74. The Hall–Kier alpha value is -2.62. The lowest BCUT2D eigenvalue weighted by molar-refractivity contribution is -0.106. The number of rotatable bonds is 6. The molecule has 2 N–H and O–H groups in total. The molecule has 0 atom stereocenters. The van der Waals surface area contributed by atoms with Crippen molar-refractivity contribution in [1.82, 2.24) is 0 Å². The number of ether oxygens (including phenoxy) is 1. The summed E-state index contributed by atoms with van der Waals surface area (Å²) >= 11 is 0. The van der Waals surface area contributed by atoms with Crippen LogP contribution in [-0.4, -0.2) is 13.1 Å². The van der Waals surface area contributed by atoms with Crippen LogP contribution >= 0.6 is 0 Å². The highest BCUT2D eigenvalue weighted by Gasteiger charge is 2.24. The maximum absolute atomic E-state index is 8.58. The van der Waals surface area contributed by atoms with Crippen LogP contribution in [0.2, 0.25) is 0 Å². The highest BCUT2D eigenvalue weighted by atomic mass is 16.5. The summed E-state index contributed by atoms with van der Waals surface area (Å²) in [5, 5.41) is 0. The van der Waals surface area contributed by atoms with E-state index < -0.39 is 0 Å². The average molecular weight is 367 g/mol. The van der Waals surface area contributed by atoms with Gasteiger partial charge in [0.05, 0.1) is 0 Å². The summed E-state index contributed by atoms with van der Waals surface area (Å²) in [6, 6.07) is 10.4. The van der Waals surface area contributed by atoms with E-state index in [-0.39, 0.29) is 6.41 Å². The molecule has 4 nitrogen and oxygen atoms in total. The first-order valence-electron chi connectivity index (χ1n) is 9.69. The Morgan fingerprint density at radius 1 is 1.22 bits per heavy atom. The fourth-order valence-corrected chi connectivity index (χ4v) is 3.62. The molecule has 27 heavy (non-hydrogen) atoms. The predicted octanol–water partition coefficient (Wildman–Crippen LogP) is 5.07. The number of nitrogens with two attached hydrogens (primary N) is 1. The van der Waals surface area contributed by atoms with Crippen LogP contribution in [0.25, 0.3) is 0 Å². The lowest BCUT2D eigenvalue weighted by Crippen LogP contribution is -2.14. The van der Waals surface area contributed by atoms with Crippen molar-refractivity contribution in [3.05, 3.63) is 71.2 Å². The Balaban J connectivity index is 0.000000817. The molecule has 4 heteroatoms. The smallest absolute Gasteiger partial charge is 0.204 e. The quantitative estimate of drug-likeness (QED) is 0.434. The standard InChI is InChI=1S/C22H27NO.CH3NO/c1-23-21(19-13-7-3-8-14-19)22(20-15-9-4-10-16-20)24-17-18-11-5-2-6-12-18;2-1-3/h2-3,5-7,11-13,20H,1,4,8-10,14-17H2;1H,(H2,2,3)/b22-21-;. The van der Waals surface area contributed by atoms with Crippen LogP contribution in [0.5, 0.6) is 0 Å². The van der Waals surface area contributed by atoms with Crippen LogP contribution in [0.1, 0.15) is 50.5 Å². The summed E-state index contributed by atoms with van der Waals surface area (Å²) in [5.41, 5.74) is 7.62. The molecule has 0 saturated heterocycles. The van der Waals surface area contributed by atoms with Crippen molar-refractivity contribution in [3.63, 3.8) is 0 Å². The van der Waals surface area contributed by atoms with E-state index in [1.807, 2.05) is 6.07 Å². The first kappa shape index (κ1) is 20.7. The van der Waals surface area contributed by atoms with E-state index in [9.17, 15) is 0 Å². The summed E-state index contributed by atoms with van der Waals surface area (Å²) in [6.45, 7) is 4.46. The van der Waals surface area contributed by atoms with Gasteiger partial charge < -0.3 is 10.5 Å². The van der Waals surface area contributed by atoms with E-state index in [1.165, 1.54) is 43.2 Å². The molecule has 3 rings (SSSR count). The zero-order chi connectivity index (χ0) is 19.3. The topological polar surface area (TPSA) is 64.7 Å². The Bertz CT molecular complexity index is 684. The predicted molar refractivity (Wildman–Crippen MR) is 111 cm³/mol. The molecule has 0 aliphatic heterocycles. The summed E-state index contributed by atoms with van der Waals surface area (Å²) < 4.78 is 6.35. The third kappa shape index (κ3) is 6.55. The number of amides is 1. The molecule has 2 aliphatic rings. The second kappa shape index (κ2) is 11.9. The number of aliphatic imine (C=N–C) groups is 1. The lowest BCUT2D eigenvalue weighted by atomic mass is 9.85. The number of nitrogens with zero attached hydrogens (tertiary/aromatic N) is 1. The van der Waals surface area contributed by atoms with Gasteiger partial charge in [0.1, 0.15) is 18.1 Å². The van der Waals surface area contributed by atoms with Gasteiger partial charge in [-0.2, -0.15) is 0 Å². The molecular formula is C23H30N2O2. The van der Waals surface area contributed by atoms with Crippen molar-refractivity contribution in [1.29, 1.82) is 0 Å². The Morgan fingerprint density at radius 2 is 1.93 bits per heavy atom. The van der Waals surface area contributed by atoms with Gasteiger partial charge in [-0.05, 0) is 43.5 Å². The fraction of sp³-hybridized carbons (Fsp3) is 0.391. The molecule has 0 bridgehead atoms. The molecule has 1 aromatic carbocycles. The zero-order valence-corrected chi connectivity index (χ0v) is 16.0. The van der Waals surface area contributed by atoms with Crippen LogP contribution in [0.15, 0.2) is 70.6 Å². The maximum Gasteiger partial charge on any atom is 0.204 e. The van der Waals surface area contributed by atoms with Crippen LogP contribution in [0, 0.1) is 5.92 Å². The molecule has 144 valence electrons. The number of hydrogen-bond acceptors (Lipinski definition) is 3. The highest BCUT2D eigenvalue weighted by Crippen LogP contribution is 2.36. The van der Waals surface area contributed by atoms with Crippen molar-refractivity contribution in [2.45, 2.75) is 51.6 Å². The van der Waals surface area contributed by atoms with Gasteiger partial charge in [-0.3, -0.25) is 9.79 Å². The summed E-state index contributed by atoms with van der Waals surface area (Å²) in [5.74, 6) is 1.55. The van der Waals surface area contributed by atoms with E-state index >= 15 is 0 Å². The number of primary amides is 1. The van der Waals surface area contributed by atoms with E-state index in [0.29, 0.717) is 12.5 Å². The number of carbonyl (C=O) groups is 1. The van der Waals surface area contributed by atoms with Crippen molar-refractivity contribution in [2.24, 2.45) is 16.6 Å². The number of allylic oxidation sites excluding steroid dienone is 5. The van der Waals surface area contributed by atoms with Gasteiger partial charge in [-0.25, -0.2) is 0 Å². The fourth-order valence-electron chi connectivity index (χ4n) is 3.62. The minimum Gasteiger partial charge on any atom is -0.491 e. The van der Waals surface area contributed by atoms with Gasteiger partial charge in [-0.15, -0.1) is 0 Å². The first-order chi connectivity index (χ1) is 13.3. The third-order valence-electron chi connectivity index (χ3n) is 4.92. The maximum atomic E-state index is 8.58. The molecule has 1 aromatic rings. The van der Waals surface area contributed by atoms with Crippen LogP contribution in [0.4, 0.5) is 0 Å². The van der Waals surface area contributed by atoms with Crippen LogP contribution in [-0.2, 0) is 16.1 Å². The van der Waals surface area contributed by atoms with Crippen LogP contribution in [0.3, 0.4) is 0 Å². The summed E-state index contributed by atoms with van der Waals surface area (Å²) in [7, 11) is 0. The highest BCUT2D eigenvalue weighted by molar-refractivity contribution is 5.43. The van der Waals surface area contributed by atoms with Crippen molar-refractivity contribution in [3.8, 4) is 0 Å². The SMILES string of the molecule is C=N/C(C1=CC=CCC1)=C(\OCc1ccccc1)C1CCCCC1.NC=O. The summed E-state index contributed by atoms with van der Waals surface area (Å²) in [6.07, 6.45) is 15.1. The third-order valence-corrected chi connectivity index (χ3v) is 4.92. The molecule has 1 amide bonds. The molecule has 2 aliphatic carbocycles. The monoisotopic (exact) mass is 366 g/mol. The molecule has 0 unspecified atom stereocenters. The van der Waals surface area contributed by atoms with Gasteiger partial charge in [0, 0.05) is 5.92 Å². The van der Waals surface area contributed by atoms with Gasteiger partial charge in [0.15, 0.2) is 0 Å². The van der Waals surface area contributed by atoms with Crippen molar-refractivity contribution in [2.75, 3.05) is 0 Å². The molecule has 1 fully saturated rings. The number of carbonyl (C=O) groups excluding carboxylic acids is 1. The molecule has 0 radical (unpaired) electrons. The number of benzene rings is 1. The second-order valence-corrected chi connectivity index (χ2v) is 6.77. The zero-order valence-electron chi connectivity index (χ0n) is 16.0. The second-order valence-electron chi connectivity index (χ2n) is 6.77. The molecule has 1 saturated carbocycles. The minimum absolute atomic E-state index is 0.250. The van der Waals surface area contributed by atoms with E-state index in [2.05, 4.69) is 59.9 Å². The largest absolute Gasteiger partial charge is 0.491 e. The molecule has 0 heterocycles. The van der Waals surface area contributed by atoms with Gasteiger partial charge >= 0.3 is 0 Å². The van der Waals surface area contributed by atoms with Gasteiger partial charge in [0.2, 0.25) is 6.41 Å². The first-order valence-corrected chi connectivity index (χ1v) is 9.69. The minimum atomic E-state index is 0.250. The molecule has 0 aromatic heterocycles. The summed E-state index contributed by atoms with van der Waals surface area (Å²) in [4.78, 5) is 13.0. The molecule has 0 spiro atoms. The van der Waals surface area contributed by atoms with Gasteiger partial charge in [0.25, 0.3) is 0 Å². The number of hydrogen-bond donors (Lipinski definition) is 1. The Morgan fingerprint density at radius 3 is 2.52 bits per heavy atom. The van der Waals surface area contributed by atoms with E-state index in [1.54, 1.807) is 0 Å². The van der Waals surface area contributed by atoms with Crippen molar-refractivity contribution < 1.29 is 9.53 Å². The van der Waals surface area contributed by atoms with E-state index in [4.69, 9.17) is 9.53 Å². The van der Waals surface area contributed by atoms with Crippen LogP contribution < -0.4 is 5.73 Å². The normalized spacial score (nSPS) is 17.7. The van der Waals surface area contributed by atoms with Gasteiger partial charge in [-0.1, -0.05) is 67.8 Å². The Labute approximate surface area is 162 Å². The Kier molecular flexibility index (Phi) is 9.11. The molecular weight excluding hydrogens is 336 g/mol. The lowest BCUT2D eigenvalue weighted by Gasteiger charge is -2.27. The van der Waals surface area contributed by atoms with E-state index in [0.717, 1.165) is 24.3 Å². The van der Waals surface area contributed by atoms with Crippen molar-refractivity contribution >= 4 is 13.1 Å².